The smallest absolute Gasteiger partial charge is 0.350 e. The number of nitrogens with one attached hydrogen (secondary N) is 2. The average Bonchev–Trinajstić information content (AvgIpc) is 2.78. The highest BCUT2D eigenvalue weighted by molar-refractivity contribution is 5.90. The molecule has 4 bridgehead atoms. The fraction of sp³-hybridized carbons (Fsp3) is 0.500. The lowest BCUT2D eigenvalue weighted by Crippen LogP contribution is -2.60. The molecule has 2 N–H and O–H groups in total. The summed E-state index contributed by atoms with van der Waals surface area (Å²) in [4.78, 5) is 25.3. The molecule has 2 amide bonds. The van der Waals surface area contributed by atoms with Crippen molar-refractivity contribution in [1.82, 2.24) is 5.32 Å². The lowest BCUT2D eigenvalue weighted by Gasteiger charge is -2.56. The highest BCUT2D eigenvalue weighted by atomic mass is 16.6. The summed E-state index contributed by atoms with van der Waals surface area (Å²) < 4.78 is 11.3. The zero-order valence-electron chi connectivity index (χ0n) is 20.0. The number of esters is 1. The van der Waals surface area contributed by atoms with Crippen molar-refractivity contribution in [3.63, 3.8) is 0 Å². The van der Waals surface area contributed by atoms with Crippen LogP contribution < -0.4 is 15.4 Å². The third-order valence-electron chi connectivity index (χ3n) is 7.61. The van der Waals surface area contributed by atoms with Crippen LogP contribution in [0.4, 0.5) is 10.5 Å². The van der Waals surface area contributed by atoms with E-state index < -0.39 is 11.6 Å². The molecule has 6 heteroatoms. The monoisotopic (exact) mass is 462 g/mol. The normalized spacial score (nSPS) is 27.2. The summed E-state index contributed by atoms with van der Waals surface area (Å²) in [5.41, 5.74) is 0.457. The van der Waals surface area contributed by atoms with Crippen LogP contribution in [0.5, 0.6) is 5.75 Å². The highest BCUT2D eigenvalue weighted by Crippen LogP contribution is 2.55. The fourth-order valence-corrected chi connectivity index (χ4v) is 6.51. The first-order chi connectivity index (χ1) is 16.3. The van der Waals surface area contributed by atoms with Gasteiger partial charge in [-0.1, -0.05) is 30.3 Å². The van der Waals surface area contributed by atoms with Gasteiger partial charge in [0.05, 0.1) is 0 Å². The molecule has 0 saturated heterocycles. The van der Waals surface area contributed by atoms with E-state index in [0.29, 0.717) is 11.4 Å². The number of benzene rings is 2. The molecule has 0 spiro atoms. The number of hydrogen-bond donors (Lipinski definition) is 2. The van der Waals surface area contributed by atoms with Crippen LogP contribution in [0.2, 0.25) is 0 Å². The van der Waals surface area contributed by atoms with Crippen LogP contribution in [0.15, 0.2) is 54.6 Å². The average molecular weight is 463 g/mol. The summed E-state index contributed by atoms with van der Waals surface area (Å²) in [7, 11) is 0. The van der Waals surface area contributed by atoms with E-state index in [1.807, 2.05) is 30.3 Å². The molecule has 0 unspecified atom stereocenters. The molecule has 34 heavy (non-hydrogen) atoms. The Balaban J connectivity index is 1.13. The first-order valence-corrected chi connectivity index (χ1v) is 12.4. The second-order valence-corrected chi connectivity index (χ2v) is 11.0. The van der Waals surface area contributed by atoms with Gasteiger partial charge in [0.25, 0.3) is 0 Å². The number of carbonyl (C=O) groups excluding carboxylic acids is 2. The summed E-state index contributed by atoms with van der Waals surface area (Å²) in [6, 6.07) is 16.5. The van der Waals surface area contributed by atoms with Crippen molar-refractivity contribution >= 4 is 17.7 Å². The molecule has 4 fully saturated rings. The highest BCUT2D eigenvalue weighted by Gasteiger charge is 2.51. The van der Waals surface area contributed by atoms with Crippen molar-refractivity contribution in [1.29, 1.82) is 0 Å². The molecule has 0 aromatic heterocycles. The van der Waals surface area contributed by atoms with E-state index >= 15 is 0 Å². The SMILES string of the molecule is CC(C)(Oc1ccc(NC(=O)NC23CC4CC(CC(C4)C2)C3)cc1)C(=O)OCc1ccccc1. The van der Waals surface area contributed by atoms with E-state index in [2.05, 4.69) is 10.6 Å². The third kappa shape index (κ3) is 5.06. The minimum Gasteiger partial charge on any atom is -0.476 e. The van der Waals surface area contributed by atoms with Gasteiger partial charge in [-0.25, -0.2) is 9.59 Å². The second-order valence-electron chi connectivity index (χ2n) is 11.0. The summed E-state index contributed by atoms with van der Waals surface area (Å²) in [6.45, 7) is 3.57. The summed E-state index contributed by atoms with van der Waals surface area (Å²) in [5, 5.41) is 6.30. The Kier molecular flexibility index (Phi) is 6.00. The predicted molar refractivity (Wildman–Crippen MR) is 130 cm³/mol. The molecule has 0 aliphatic heterocycles. The second kappa shape index (κ2) is 8.97. The first-order valence-electron chi connectivity index (χ1n) is 12.4. The van der Waals surface area contributed by atoms with E-state index in [9.17, 15) is 9.59 Å². The molecule has 0 atom stereocenters. The minimum atomic E-state index is -1.14. The van der Waals surface area contributed by atoms with Crippen LogP contribution in [0.1, 0.15) is 57.9 Å². The van der Waals surface area contributed by atoms with Crippen LogP contribution in [0, 0.1) is 17.8 Å². The topological polar surface area (TPSA) is 76.7 Å². The molecule has 6 nitrogen and oxygen atoms in total. The Morgan fingerprint density at radius 1 is 0.912 bits per heavy atom. The van der Waals surface area contributed by atoms with Gasteiger partial charge in [-0.15, -0.1) is 0 Å². The Morgan fingerprint density at radius 3 is 2.09 bits per heavy atom. The number of rotatable bonds is 7. The molecule has 0 heterocycles. The van der Waals surface area contributed by atoms with E-state index in [1.165, 1.54) is 19.3 Å². The van der Waals surface area contributed by atoms with Crippen molar-refractivity contribution in [2.45, 2.75) is 70.1 Å². The van der Waals surface area contributed by atoms with Crippen molar-refractivity contribution < 1.29 is 19.1 Å². The molecule has 2 aromatic rings. The van der Waals surface area contributed by atoms with Gasteiger partial charge in [-0.3, -0.25) is 0 Å². The maximum absolute atomic E-state index is 12.8. The van der Waals surface area contributed by atoms with Crippen LogP contribution in [-0.4, -0.2) is 23.1 Å². The van der Waals surface area contributed by atoms with E-state index in [0.717, 1.165) is 42.6 Å². The lowest BCUT2D eigenvalue weighted by molar-refractivity contribution is -0.160. The Hall–Kier alpha value is -3.02. The van der Waals surface area contributed by atoms with Gasteiger partial charge in [0, 0.05) is 11.2 Å². The number of urea groups is 1. The molecule has 4 saturated carbocycles. The van der Waals surface area contributed by atoms with Crippen LogP contribution >= 0.6 is 0 Å². The minimum absolute atomic E-state index is 0.0218. The van der Waals surface area contributed by atoms with Gasteiger partial charge in [-0.05, 0) is 100.0 Å². The molecule has 4 aliphatic carbocycles. The van der Waals surface area contributed by atoms with E-state index in [4.69, 9.17) is 9.47 Å². The van der Waals surface area contributed by atoms with E-state index in [-0.39, 0.29) is 18.2 Å². The number of anilines is 1. The summed E-state index contributed by atoms with van der Waals surface area (Å²) >= 11 is 0. The molecular formula is C28H34N2O4. The predicted octanol–water partition coefficient (Wildman–Crippen LogP) is 5.68. The maximum Gasteiger partial charge on any atom is 0.350 e. The van der Waals surface area contributed by atoms with Crippen molar-refractivity contribution in [2.24, 2.45) is 17.8 Å². The maximum atomic E-state index is 12.8. The van der Waals surface area contributed by atoms with Gasteiger partial charge < -0.3 is 20.1 Å². The fourth-order valence-electron chi connectivity index (χ4n) is 6.51. The van der Waals surface area contributed by atoms with Crippen molar-refractivity contribution in [3.05, 3.63) is 60.2 Å². The summed E-state index contributed by atoms with van der Waals surface area (Å²) in [5.74, 6) is 2.45. The van der Waals surface area contributed by atoms with Gasteiger partial charge in [0.1, 0.15) is 12.4 Å². The van der Waals surface area contributed by atoms with Gasteiger partial charge >= 0.3 is 12.0 Å². The van der Waals surface area contributed by atoms with Gasteiger partial charge in [0.2, 0.25) is 0 Å². The first kappa shape index (κ1) is 22.8. The molecule has 180 valence electrons. The zero-order chi connectivity index (χ0) is 23.8. The van der Waals surface area contributed by atoms with Gasteiger partial charge in [0.15, 0.2) is 5.60 Å². The standard InChI is InChI=1S/C28H34N2O4/c1-27(2,25(31)33-18-19-6-4-3-5-7-19)34-24-10-8-23(9-11-24)29-26(32)30-28-15-20-12-21(16-28)14-22(13-20)17-28/h3-11,20-22H,12-18H2,1-2H3,(H2,29,30,32). The molecule has 0 radical (unpaired) electrons. The molecule has 6 rings (SSSR count). The number of amides is 2. The molecular weight excluding hydrogens is 428 g/mol. The number of hydrogen-bond acceptors (Lipinski definition) is 4. The van der Waals surface area contributed by atoms with Crippen molar-refractivity contribution in [2.75, 3.05) is 5.32 Å². The largest absolute Gasteiger partial charge is 0.476 e. The van der Waals surface area contributed by atoms with E-state index in [1.54, 1.807) is 38.1 Å². The van der Waals surface area contributed by atoms with Crippen LogP contribution in [0.3, 0.4) is 0 Å². The van der Waals surface area contributed by atoms with Crippen LogP contribution in [-0.2, 0) is 16.1 Å². The molecule has 2 aromatic carbocycles. The molecule has 4 aliphatic rings. The quantitative estimate of drug-likeness (QED) is 0.519. The Labute approximate surface area is 201 Å². The lowest BCUT2D eigenvalue weighted by atomic mass is 9.53. The Bertz CT molecular complexity index is 997. The zero-order valence-corrected chi connectivity index (χ0v) is 20.0. The Morgan fingerprint density at radius 2 is 1.50 bits per heavy atom. The summed E-state index contributed by atoms with van der Waals surface area (Å²) in [6.07, 6.45) is 7.40. The number of carbonyl (C=O) groups is 2. The van der Waals surface area contributed by atoms with Crippen LogP contribution in [0.25, 0.3) is 0 Å². The van der Waals surface area contributed by atoms with Gasteiger partial charge in [-0.2, -0.15) is 0 Å². The number of ether oxygens (including phenoxy) is 2. The van der Waals surface area contributed by atoms with Crippen molar-refractivity contribution in [3.8, 4) is 5.75 Å². The third-order valence-corrected chi connectivity index (χ3v) is 7.61.